The van der Waals surface area contributed by atoms with E-state index in [4.69, 9.17) is 42.6 Å². The van der Waals surface area contributed by atoms with Crippen molar-refractivity contribution in [2.75, 3.05) is 34.0 Å². The lowest BCUT2D eigenvalue weighted by Gasteiger charge is -2.42. The van der Waals surface area contributed by atoms with Gasteiger partial charge >= 0.3 is 0 Å². The summed E-state index contributed by atoms with van der Waals surface area (Å²) in [6, 6.07) is 6.78. The number of Topliss-reactive ketones (excluding diaryl/α,β-unsaturated/α-hetero) is 1. The van der Waals surface area contributed by atoms with Crippen LogP contribution in [-0.4, -0.2) is 149 Å². The second kappa shape index (κ2) is 14.1. The average molecular weight is 721 g/mol. The standard InChI is InChI=1S/C34H40O17/c1-12(9-46-33-29(40)26(37)25(36)22(50-33)11-47-34-30(41)27(38)28(39)32(42)51-34)17-7-15-16(48-17)5-4-13-24(35)23-14-6-19(43-2)20(44-3)8-18(14)45-10-21(23)49-31(13)15/h4-6,8,17,21-23,25-30,32-34,36-42H,1,7,9-11H2,2-3H3/t17-,21+,22-,23-,25-,26+,27-,28+,29-,30-,32-,33-,34+/m0/s1. The van der Waals surface area contributed by atoms with Gasteiger partial charge in [-0.2, -0.15) is 0 Å². The van der Waals surface area contributed by atoms with Crippen molar-refractivity contribution in [1.82, 2.24) is 0 Å². The molecule has 5 aliphatic heterocycles. The van der Waals surface area contributed by atoms with Gasteiger partial charge in [-0.15, -0.1) is 0 Å². The van der Waals surface area contributed by atoms with Crippen LogP contribution < -0.4 is 23.7 Å². The molecule has 7 N–H and O–H groups in total. The molecule has 17 heteroatoms. The fraction of sp³-hybridized carbons (Fsp3) is 0.559. The van der Waals surface area contributed by atoms with E-state index in [9.17, 15) is 40.5 Å². The van der Waals surface area contributed by atoms with Crippen LogP contribution in [0.2, 0.25) is 0 Å². The summed E-state index contributed by atoms with van der Waals surface area (Å²) in [6.07, 6.45) is -17.5. The first-order valence-electron chi connectivity index (χ1n) is 16.3. The first kappa shape index (κ1) is 35.8. The number of carbonyl (C=O) groups is 1. The SMILES string of the molecule is C=C(CO[C@H]1O[C@@H](CO[C@@H]2O[C@H](O)[C@H](O)[C@H](O)[C@@H]2O)[C@H](O)[C@@H](O)[C@@H]1O)[C@@H]1Cc2c(ccc3c2O[C@@H]2COc4cc(OC)c(OC)cc4[C@@H]2C3=O)O1. The van der Waals surface area contributed by atoms with Crippen LogP contribution in [0.15, 0.2) is 36.4 Å². The lowest BCUT2D eigenvalue weighted by Crippen LogP contribution is -2.61. The Bertz CT molecular complexity index is 1650. The van der Waals surface area contributed by atoms with Gasteiger partial charge in [0.1, 0.15) is 78.8 Å². The normalized spacial score (nSPS) is 36.7. The van der Waals surface area contributed by atoms with E-state index in [1.54, 1.807) is 24.3 Å². The van der Waals surface area contributed by atoms with E-state index in [0.717, 1.165) is 0 Å². The lowest BCUT2D eigenvalue weighted by molar-refractivity contribution is -0.353. The number of ketones is 1. The molecule has 0 aliphatic carbocycles. The van der Waals surface area contributed by atoms with E-state index in [2.05, 4.69) is 6.58 Å². The Morgan fingerprint density at radius 3 is 2.24 bits per heavy atom. The summed E-state index contributed by atoms with van der Waals surface area (Å²) < 4.78 is 51.1. The van der Waals surface area contributed by atoms with Gasteiger partial charge in [0.15, 0.2) is 36.2 Å². The Labute approximate surface area is 291 Å². The molecule has 13 atom stereocenters. The summed E-state index contributed by atoms with van der Waals surface area (Å²) >= 11 is 0. The van der Waals surface area contributed by atoms with Gasteiger partial charge in [-0.3, -0.25) is 4.79 Å². The maximum absolute atomic E-state index is 13.9. The monoisotopic (exact) mass is 720 g/mol. The minimum absolute atomic E-state index is 0.129. The lowest BCUT2D eigenvalue weighted by atomic mass is 9.81. The average Bonchev–Trinajstić information content (AvgIpc) is 3.58. The van der Waals surface area contributed by atoms with Gasteiger partial charge in [0.05, 0.1) is 38.9 Å². The summed E-state index contributed by atoms with van der Waals surface area (Å²) in [5.74, 6) is 1.58. The number of carbonyl (C=O) groups excluding carboxylic acids is 1. The van der Waals surface area contributed by atoms with Crippen molar-refractivity contribution in [3.63, 3.8) is 0 Å². The number of ether oxygens (including phenoxy) is 9. The van der Waals surface area contributed by atoms with Crippen molar-refractivity contribution >= 4 is 5.78 Å². The Morgan fingerprint density at radius 1 is 0.824 bits per heavy atom. The highest BCUT2D eigenvalue weighted by Crippen LogP contribution is 2.50. The van der Waals surface area contributed by atoms with Gasteiger partial charge in [0.25, 0.3) is 0 Å². The second-order valence-corrected chi connectivity index (χ2v) is 13.0. The highest BCUT2D eigenvalue weighted by molar-refractivity contribution is 6.06. The molecular weight excluding hydrogens is 680 g/mol. The number of hydrogen-bond donors (Lipinski definition) is 7. The number of benzene rings is 2. The number of fused-ring (bicyclic) bond motifs is 6. The molecule has 278 valence electrons. The molecule has 5 heterocycles. The molecule has 0 bridgehead atoms. The van der Waals surface area contributed by atoms with Gasteiger partial charge in [-0.1, -0.05) is 6.58 Å². The first-order valence-corrected chi connectivity index (χ1v) is 16.3. The van der Waals surface area contributed by atoms with E-state index in [-0.39, 0.29) is 25.4 Å². The molecule has 0 unspecified atom stereocenters. The predicted molar refractivity (Wildman–Crippen MR) is 168 cm³/mol. The van der Waals surface area contributed by atoms with Crippen LogP contribution in [0.5, 0.6) is 28.7 Å². The van der Waals surface area contributed by atoms with Gasteiger partial charge in [-0.25, -0.2) is 0 Å². The molecule has 2 fully saturated rings. The Morgan fingerprint density at radius 2 is 1.51 bits per heavy atom. The highest BCUT2D eigenvalue weighted by atomic mass is 16.8. The quantitative estimate of drug-likeness (QED) is 0.143. The van der Waals surface area contributed by atoms with Crippen molar-refractivity contribution in [2.45, 2.75) is 86.1 Å². The molecule has 0 saturated carbocycles. The van der Waals surface area contributed by atoms with Crippen LogP contribution in [0.25, 0.3) is 0 Å². The minimum Gasteiger partial charge on any atom is -0.493 e. The maximum atomic E-state index is 13.9. The number of methoxy groups -OCH3 is 2. The van der Waals surface area contributed by atoms with Crippen LogP contribution in [0.3, 0.4) is 0 Å². The zero-order chi connectivity index (χ0) is 36.3. The molecule has 5 aliphatic rings. The molecule has 0 spiro atoms. The summed E-state index contributed by atoms with van der Waals surface area (Å²) in [4.78, 5) is 13.9. The fourth-order valence-electron chi connectivity index (χ4n) is 6.93. The third kappa shape index (κ3) is 6.31. The third-order valence-corrected chi connectivity index (χ3v) is 9.85. The number of hydrogen-bond acceptors (Lipinski definition) is 17. The van der Waals surface area contributed by atoms with Crippen molar-refractivity contribution in [2.24, 2.45) is 0 Å². The first-order chi connectivity index (χ1) is 24.4. The summed E-state index contributed by atoms with van der Waals surface area (Å²) in [5.41, 5.74) is 2.13. The van der Waals surface area contributed by atoms with E-state index in [1.165, 1.54) is 14.2 Å². The van der Waals surface area contributed by atoms with E-state index >= 15 is 0 Å². The summed E-state index contributed by atoms with van der Waals surface area (Å²) in [5, 5.41) is 71.0. The van der Waals surface area contributed by atoms with Crippen molar-refractivity contribution < 1.29 is 83.2 Å². The van der Waals surface area contributed by atoms with Crippen molar-refractivity contribution in [3.05, 3.63) is 53.1 Å². The highest BCUT2D eigenvalue weighted by Gasteiger charge is 2.49. The van der Waals surface area contributed by atoms with Crippen LogP contribution in [-0.2, 0) is 25.4 Å². The zero-order valence-electron chi connectivity index (χ0n) is 27.6. The summed E-state index contributed by atoms with van der Waals surface area (Å²) in [6.45, 7) is 3.46. The Hall–Kier alpha value is -3.59. The van der Waals surface area contributed by atoms with Crippen LogP contribution >= 0.6 is 0 Å². The van der Waals surface area contributed by atoms with Gasteiger partial charge < -0.3 is 78.4 Å². The van der Waals surface area contributed by atoms with E-state index < -0.39 is 86.3 Å². The molecule has 2 saturated heterocycles. The third-order valence-electron chi connectivity index (χ3n) is 9.85. The molecule has 0 amide bonds. The minimum atomic E-state index is -1.85. The Kier molecular flexibility index (Phi) is 9.89. The largest absolute Gasteiger partial charge is 0.493 e. The maximum Gasteiger partial charge on any atom is 0.189 e. The zero-order valence-corrected chi connectivity index (χ0v) is 27.6. The summed E-state index contributed by atoms with van der Waals surface area (Å²) in [7, 11) is 3.03. The molecule has 0 aromatic heterocycles. The Balaban J connectivity index is 0.992. The second-order valence-electron chi connectivity index (χ2n) is 13.0. The predicted octanol–water partition coefficient (Wildman–Crippen LogP) is -1.72. The molecule has 2 aromatic rings. The van der Waals surface area contributed by atoms with Gasteiger partial charge in [0.2, 0.25) is 0 Å². The number of rotatable bonds is 9. The molecular formula is C34H40O17. The molecule has 17 nitrogen and oxygen atoms in total. The molecule has 51 heavy (non-hydrogen) atoms. The van der Waals surface area contributed by atoms with Crippen LogP contribution in [0.1, 0.15) is 27.4 Å². The molecule has 7 rings (SSSR count). The van der Waals surface area contributed by atoms with Crippen molar-refractivity contribution in [3.8, 4) is 28.7 Å². The number of aliphatic hydroxyl groups is 7. The van der Waals surface area contributed by atoms with E-state index in [0.29, 0.717) is 51.0 Å². The van der Waals surface area contributed by atoms with Gasteiger partial charge in [-0.05, 0) is 23.8 Å². The van der Waals surface area contributed by atoms with Crippen molar-refractivity contribution in [1.29, 1.82) is 0 Å². The van der Waals surface area contributed by atoms with Crippen LogP contribution in [0, 0.1) is 0 Å². The van der Waals surface area contributed by atoms with Gasteiger partial charge in [0, 0.05) is 23.6 Å². The number of aliphatic hydroxyl groups excluding tert-OH is 7. The van der Waals surface area contributed by atoms with E-state index in [1.807, 2.05) is 0 Å². The fourth-order valence-corrected chi connectivity index (χ4v) is 6.93. The topological polar surface area (TPSA) is 242 Å². The smallest absolute Gasteiger partial charge is 0.189 e. The molecule has 2 aromatic carbocycles. The van der Waals surface area contributed by atoms with Crippen LogP contribution in [0.4, 0.5) is 0 Å². The molecule has 0 radical (unpaired) electrons.